The Morgan fingerprint density at radius 1 is 1.45 bits per heavy atom. The molecule has 0 unspecified atom stereocenters. The molecule has 13 heteroatoms. The second-order valence-corrected chi connectivity index (χ2v) is 5.54. The molecule has 0 aromatic carbocycles. The van der Waals surface area contributed by atoms with Crippen molar-refractivity contribution in [2.75, 3.05) is 7.11 Å². The van der Waals surface area contributed by atoms with Gasteiger partial charge in [0, 0.05) is 10.7 Å². The van der Waals surface area contributed by atoms with Gasteiger partial charge >= 0.3 is 12.0 Å². The Morgan fingerprint density at radius 2 is 2.00 bits per heavy atom. The van der Waals surface area contributed by atoms with Crippen LogP contribution in [0.25, 0.3) is 0 Å². The molecule has 0 bridgehead atoms. The van der Waals surface area contributed by atoms with E-state index in [9.17, 15) is 31.7 Å². The highest BCUT2D eigenvalue weighted by Gasteiger charge is 2.36. The number of methoxy groups -OCH3 is 1. The van der Waals surface area contributed by atoms with E-state index in [1.54, 1.807) is 0 Å². The van der Waals surface area contributed by atoms with Crippen molar-refractivity contribution < 1.29 is 36.0 Å². The van der Waals surface area contributed by atoms with E-state index in [0.29, 0.717) is 6.07 Å². The molecule has 0 radical (unpaired) electrons. The molecular weight excluding hydrogens is 333 g/mol. The summed E-state index contributed by atoms with van der Waals surface area (Å²) in [5.74, 6) is -2.09. The molecule has 0 aliphatic carbocycles. The molecule has 0 atom stereocenters. The monoisotopic (exact) mass is 336 g/mol. The minimum atomic E-state index is -5.20. The van der Waals surface area contributed by atoms with E-state index < -0.39 is 42.7 Å². The number of pyridine rings is 1. The molecule has 0 amide bonds. The van der Waals surface area contributed by atoms with Gasteiger partial charge in [0.1, 0.15) is 0 Å². The number of hydrogen-bond acceptors (Lipinski definition) is 7. The summed E-state index contributed by atoms with van der Waals surface area (Å²) in [4.78, 5) is 12.4. The van der Waals surface area contributed by atoms with Gasteiger partial charge in [-0.15, -0.1) is 13.2 Å². The van der Waals surface area contributed by atoms with E-state index in [1.807, 2.05) is 0 Å². The van der Waals surface area contributed by atoms with Crippen LogP contribution in [0.5, 0.6) is 11.6 Å². The maximum absolute atomic E-state index is 12.1. The number of alkyl halides is 3. The maximum atomic E-state index is 12.1. The second-order valence-electron chi connectivity index (χ2n) is 3.06. The van der Waals surface area contributed by atoms with Gasteiger partial charge in [-0.2, -0.15) is 4.98 Å². The van der Waals surface area contributed by atoms with Gasteiger partial charge in [0.05, 0.1) is 18.1 Å². The lowest BCUT2D eigenvalue weighted by molar-refractivity contribution is -0.388. The first-order valence-electron chi connectivity index (χ1n) is 4.39. The van der Waals surface area contributed by atoms with Gasteiger partial charge < -0.3 is 9.47 Å². The van der Waals surface area contributed by atoms with Crippen LogP contribution < -0.4 is 9.47 Å². The molecule has 0 aliphatic rings. The Morgan fingerprint density at radius 3 is 2.35 bits per heavy atom. The fourth-order valence-electron chi connectivity index (χ4n) is 1.09. The van der Waals surface area contributed by atoms with Crippen molar-refractivity contribution >= 4 is 25.4 Å². The van der Waals surface area contributed by atoms with Crippen LogP contribution in [-0.4, -0.2) is 31.8 Å². The van der Waals surface area contributed by atoms with Crippen molar-refractivity contribution in [3.8, 4) is 11.6 Å². The Hall–Kier alpha value is -1.82. The van der Waals surface area contributed by atoms with Crippen LogP contribution in [0.15, 0.2) is 11.1 Å². The first kappa shape index (κ1) is 16.2. The topological polar surface area (TPSA) is 109 Å². The molecule has 8 nitrogen and oxygen atoms in total. The predicted octanol–water partition coefficient (Wildman–Crippen LogP) is 1.82. The summed E-state index contributed by atoms with van der Waals surface area (Å²) >= 11 is 0. The third kappa shape index (κ3) is 3.84. The van der Waals surface area contributed by atoms with Crippen molar-refractivity contribution in [2.45, 2.75) is 11.4 Å². The van der Waals surface area contributed by atoms with Crippen LogP contribution in [0.3, 0.4) is 0 Å². The van der Waals surface area contributed by atoms with E-state index >= 15 is 0 Å². The molecule has 0 N–H and O–H groups in total. The average molecular weight is 337 g/mol. The molecule has 0 spiro atoms. The Labute approximate surface area is 113 Å². The third-order valence-corrected chi connectivity index (χ3v) is 2.96. The lowest BCUT2D eigenvalue weighted by Crippen LogP contribution is -2.19. The zero-order chi connectivity index (χ0) is 15.7. The minimum absolute atomic E-state index is 0.406. The molecule has 112 valence electrons. The van der Waals surface area contributed by atoms with Gasteiger partial charge in [-0.3, -0.25) is 10.1 Å². The Bertz CT molecular complexity index is 647. The molecule has 0 aliphatic heterocycles. The van der Waals surface area contributed by atoms with Crippen LogP contribution in [0.1, 0.15) is 0 Å². The highest BCUT2D eigenvalue weighted by Crippen LogP contribution is 2.37. The van der Waals surface area contributed by atoms with Gasteiger partial charge in [0.15, 0.2) is 5.75 Å². The van der Waals surface area contributed by atoms with Crippen molar-refractivity contribution in [3.05, 3.63) is 16.2 Å². The summed E-state index contributed by atoms with van der Waals surface area (Å²) in [5, 5.41) is 9.27. The van der Waals surface area contributed by atoms with Gasteiger partial charge in [0.25, 0.3) is 20.0 Å². The average Bonchev–Trinajstić information content (AvgIpc) is 2.24. The number of aromatic nitrogens is 1. The van der Waals surface area contributed by atoms with Crippen molar-refractivity contribution in [2.24, 2.45) is 0 Å². The van der Waals surface area contributed by atoms with Crippen LogP contribution in [0.4, 0.5) is 18.9 Å². The number of rotatable bonds is 4. The van der Waals surface area contributed by atoms with Crippen molar-refractivity contribution in [1.82, 2.24) is 4.98 Å². The molecule has 1 aromatic rings. The fourth-order valence-corrected chi connectivity index (χ4v) is 2.01. The Kier molecular flexibility index (Phi) is 4.29. The SMILES string of the molecule is COc1cc([N+](=O)[O-])c(S(=O)(=O)Cl)nc1OC(F)(F)F. The van der Waals surface area contributed by atoms with E-state index in [0.717, 1.165) is 7.11 Å². The minimum Gasteiger partial charge on any atom is -0.491 e. The third-order valence-electron chi connectivity index (χ3n) is 1.76. The second kappa shape index (κ2) is 5.28. The van der Waals surface area contributed by atoms with E-state index in [1.165, 1.54) is 0 Å². The van der Waals surface area contributed by atoms with Gasteiger partial charge in [-0.25, -0.2) is 8.42 Å². The first-order valence-corrected chi connectivity index (χ1v) is 6.70. The van der Waals surface area contributed by atoms with Gasteiger partial charge in [-0.05, 0) is 0 Å². The van der Waals surface area contributed by atoms with Crippen LogP contribution >= 0.6 is 10.7 Å². The summed E-state index contributed by atoms with van der Waals surface area (Å²) in [6.07, 6.45) is -5.20. The van der Waals surface area contributed by atoms with Crippen LogP contribution in [0.2, 0.25) is 0 Å². The van der Waals surface area contributed by atoms with E-state index in [4.69, 9.17) is 10.7 Å². The van der Waals surface area contributed by atoms with Gasteiger partial charge in [-0.1, -0.05) is 0 Å². The lowest BCUT2D eigenvalue weighted by atomic mass is 10.4. The van der Waals surface area contributed by atoms with Crippen molar-refractivity contribution in [3.63, 3.8) is 0 Å². The quantitative estimate of drug-likeness (QED) is 0.468. The Balaban J connectivity index is 3.59. The van der Waals surface area contributed by atoms with Crippen LogP contribution in [-0.2, 0) is 9.05 Å². The standard InChI is InChI=1S/C7H4ClF3N2O6S/c1-18-4-2-3(13(14)15)6(20(8,16)17)12-5(4)19-7(9,10)11/h2H,1H3. The predicted molar refractivity (Wildman–Crippen MR) is 57.2 cm³/mol. The number of nitro groups is 1. The number of ether oxygens (including phenoxy) is 2. The first-order chi connectivity index (χ1) is 8.95. The van der Waals surface area contributed by atoms with Crippen LogP contribution in [0, 0.1) is 10.1 Å². The summed E-state index contributed by atoms with van der Waals surface area (Å²) in [6.45, 7) is 0. The largest absolute Gasteiger partial charge is 0.574 e. The summed E-state index contributed by atoms with van der Waals surface area (Å²) in [6, 6.07) is 0.406. The zero-order valence-corrected chi connectivity index (χ0v) is 10.9. The smallest absolute Gasteiger partial charge is 0.491 e. The number of nitrogens with zero attached hydrogens (tertiary/aromatic N) is 2. The summed E-state index contributed by atoms with van der Waals surface area (Å²) in [7, 11) is 0.997. The summed E-state index contributed by atoms with van der Waals surface area (Å²) < 4.78 is 66.4. The normalized spacial score (nSPS) is 12.1. The lowest BCUT2D eigenvalue weighted by Gasteiger charge is -2.12. The highest BCUT2D eigenvalue weighted by atomic mass is 35.7. The zero-order valence-electron chi connectivity index (χ0n) is 9.34. The van der Waals surface area contributed by atoms with Crippen molar-refractivity contribution in [1.29, 1.82) is 0 Å². The molecule has 1 rings (SSSR count). The molecule has 1 aromatic heterocycles. The number of hydrogen-bond donors (Lipinski definition) is 0. The maximum Gasteiger partial charge on any atom is 0.574 e. The van der Waals surface area contributed by atoms with E-state index in [2.05, 4.69) is 14.5 Å². The van der Waals surface area contributed by atoms with Gasteiger partial charge in [0.2, 0.25) is 0 Å². The molecular formula is C7H4ClF3N2O6S. The summed E-state index contributed by atoms with van der Waals surface area (Å²) in [5.41, 5.74) is -1.15. The molecule has 0 saturated carbocycles. The number of halogens is 4. The fraction of sp³-hybridized carbons (Fsp3) is 0.286. The molecule has 0 fully saturated rings. The molecule has 20 heavy (non-hydrogen) atoms. The highest BCUT2D eigenvalue weighted by molar-refractivity contribution is 8.13. The molecule has 1 heterocycles. The van der Waals surface area contributed by atoms with E-state index in [-0.39, 0.29) is 0 Å². The molecule has 0 saturated heterocycles.